The van der Waals surface area contributed by atoms with Crippen LogP contribution in [-0.4, -0.2) is 33.9 Å². The average molecular weight is 421 g/mol. The normalized spacial score (nSPS) is 15.9. The van der Waals surface area contributed by atoms with Gasteiger partial charge in [-0.2, -0.15) is 13.2 Å². The Kier molecular flexibility index (Phi) is 4.74. The Balaban J connectivity index is 1.63. The fourth-order valence-electron chi connectivity index (χ4n) is 2.59. The third-order valence-corrected chi connectivity index (χ3v) is 4.60. The quantitative estimate of drug-likeness (QED) is 0.633. The Bertz CT molecular complexity index is 1140. The first-order valence-corrected chi connectivity index (χ1v) is 8.88. The number of nitrogens with zero attached hydrogens (tertiary/aromatic N) is 2. The van der Waals surface area contributed by atoms with Crippen molar-refractivity contribution < 1.29 is 31.9 Å². The lowest BCUT2D eigenvalue weighted by Gasteiger charge is -2.08. The lowest BCUT2D eigenvalue weighted by atomic mass is 10.1. The van der Waals surface area contributed by atoms with Crippen LogP contribution in [0.3, 0.4) is 0 Å². The number of ether oxygens (including phenoxy) is 1. The zero-order chi connectivity index (χ0) is 20.6. The molecule has 0 saturated carbocycles. The molecule has 29 heavy (non-hydrogen) atoms. The minimum absolute atomic E-state index is 0.162. The smallest absolute Gasteiger partial charge is 0.422 e. The molecule has 3 aromatic heterocycles. The number of imide groups is 1. The highest BCUT2D eigenvalue weighted by Crippen LogP contribution is 2.33. The van der Waals surface area contributed by atoms with Crippen molar-refractivity contribution in [1.82, 2.24) is 15.3 Å². The molecule has 4 rings (SSSR count). The zero-order valence-corrected chi connectivity index (χ0v) is 15.1. The molecule has 148 valence electrons. The number of halogens is 3. The number of carbonyl (C=O) groups excluding carboxylic acids is 2. The van der Waals surface area contributed by atoms with E-state index in [1.54, 1.807) is 12.3 Å². The molecule has 0 aliphatic carbocycles. The van der Waals surface area contributed by atoms with Crippen molar-refractivity contribution in [3.8, 4) is 17.0 Å². The SMILES string of the molecule is O=C1NC(=O)/C(=C/c2cc3cncc(-c4ccc(OCC(F)(F)F)nc4)c3o2)S1. The molecule has 2 amide bonds. The summed E-state index contributed by atoms with van der Waals surface area (Å²) >= 11 is 0.769. The van der Waals surface area contributed by atoms with E-state index in [9.17, 15) is 22.8 Å². The van der Waals surface area contributed by atoms with Crippen molar-refractivity contribution in [2.45, 2.75) is 6.18 Å². The molecule has 0 spiro atoms. The van der Waals surface area contributed by atoms with Gasteiger partial charge in [-0.3, -0.25) is 19.9 Å². The number of thioether (sulfide) groups is 1. The third-order valence-electron chi connectivity index (χ3n) is 3.79. The number of furan rings is 1. The van der Waals surface area contributed by atoms with Crippen LogP contribution in [0.15, 0.2) is 46.1 Å². The van der Waals surface area contributed by atoms with Gasteiger partial charge in [-0.15, -0.1) is 0 Å². The summed E-state index contributed by atoms with van der Waals surface area (Å²) in [7, 11) is 0. The highest BCUT2D eigenvalue weighted by Gasteiger charge is 2.28. The summed E-state index contributed by atoms with van der Waals surface area (Å²) in [6, 6.07) is 4.51. The molecule has 1 N–H and O–H groups in total. The lowest BCUT2D eigenvalue weighted by Crippen LogP contribution is -2.19. The molecule has 7 nitrogen and oxygen atoms in total. The van der Waals surface area contributed by atoms with Crippen molar-refractivity contribution in [1.29, 1.82) is 0 Å². The number of carbonyl (C=O) groups is 2. The largest absolute Gasteiger partial charge is 0.468 e. The van der Waals surface area contributed by atoms with E-state index in [-0.39, 0.29) is 10.8 Å². The van der Waals surface area contributed by atoms with Crippen LogP contribution in [0, 0.1) is 0 Å². The molecule has 1 saturated heterocycles. The Labute approximate surface area is 165 Å². The fourth-order valence-corrected chi connectivity index (χ4v) is 3.25. The van der Waals surface area contributed by atoms with E-state index in [0.29, 0.717) is 27.9 Å². The predicted octanol–water partition coefficient (Wildman–Crippen LogP) is 4.15. The van der Waals surface area contributed by atoms with E-state index in [0.717, 1.165) is 11.8 Å². The van der Waals surface area contributed by atoms with Crippen molar-refractivity contribution in [3.05, 3.63) is 47.5 Å². The van der Waals surface area contributed by atoms with Crippen LogP contribution < -0.4 is 10.1 Å². The molecule has 0 aromatic carbocycles. The van der Waals surface area contributed by atoms with E-state index >= 15 is 0 Å². The van der Waals surface area contributed by atoms with Gasteiger partial charge in [0.05, 0.1) is 4.91 Å². The third kappa shape index (κ3) is 4.24. The number of amides is 2. The van der Waals surface area contributed by atoms with Crippen LogP contribution in [0.2, 0.25) is 0 Å². The summed E-state index contributed by atoms with van der Waals surface area (Å²) in [5.74, 6) is -0.317. The molecular weight excluding hydrogens is 411 g/mol. The minimum atomic E-state index is -4.45. The van der Waals surface area contributed by atoms with Gasteiger partial charge in [-0.1, -0.05) is 0 Å². The topological polar surface area (TPSA) is 94.3 Å². The second-order valence-corrected chi connectivity index (χ2v) is 6.91. The van der Waals surface area contributed by atoms with Crippen LogP contribution in [0.1, 0.15) is 5.76 Å². The molecule has 1 aliphatic rings. The maximum Gasteiger partial charge on any atom is 0.422 e. The van der Waals surface area contributed by atoms with Crippen molar-refractivity contribution in [2.75, 3.05) is 6.61 Å². The molecule has 0 radical (unpaired) electrons. The Hall–Kier alpha value is -3.34. The van der Waals surface area contributed by atoms with Gasteiger partial charge in [0.15, 0.2) is 6.61 Å². The fraction of sp³-hybridized carbons (Fsp3) is 0.111. The maximum atomic E-state index is 12.2. The molecule has 0 unspecified atom stereocenters. The van der Waals surface area contributed by atoms with Gasteiger partial charge >= 0.3 is 6.18 Å². The number of alkyl halides is 3. The number of fused-ring (bicyclic) bond motifs is 1. The number of hydrogen-bond acceptors (Lipinski definition) is 7. The molecule has 1 aliphatic heterocycles. The zero-order valence-electron chi connectivity index (χ0n) is 14.3. The summed E-state index contributed by atoms with van der Waals surface area (Å²) in [5, 5.41) is 2.34. The highest BCUT2D eigenvalue weighted by atomic mass is 32.2. The number of pyridine rings is 2. The van der Waals surface area contributed by atoms with Crippen LogP contribution >= 0.6 is 11.8 Å². The van der Waals surface area contributed by atoms with Gasteiger partial charge in [0.1, 0.15) is 11.3 Å². The molecular formula is C18H10F3N3O4S. The molecule has 0 atom stereocenters. The van der Waals surface area contributed by atoms with E-state index in [1.807, 2.05) is 0 Å². The molecule has 3 aromatic rings. The first-order valence-electron chi connectivity index (χ1n) is 8.07. The second kappa shape index (κ2) is 7.24. The average Bonchev–Trinajstić information content (AvgIpc) is 3.21. The summed E-state index contributed by atoms with van der Waals surface area (Å²) in [5.41, 5.74) is 1.56. The van der Waals surface area contributed by atoms with Crippen molar-refractivity contribution >= 4 is 40.0 Å². The van der Waals surface area contributed by atoms with E-state index in [1.165, 1.54) is 30.6 Å². The Morgan fingerprint density at radius 2 is 2.03 bits per heavy atom. The van der Waals surface area contributed by atoms with Crippen LogP contribution in [0.5, 0.6) is 5.88 Å². The Morgan fingerprint density at radius 3 is 2.69 bits per heavy atom. The van der Waals surface area contributed by atoms with Crippen LogP contribution in [0.4, 0.5) is 18.0 Å². The predicted molar refractivity (Wildman–Crippen MR) is 97.9 cm³/mol. The standard InChI is InChI=1S/C18H10F3N3O4S/c19-18(20,21)8-27-14-2-1-9(6-23-14)12-7-22-5-10-3-11(28-15(10)12)4-13-16(25)24-17(26)29-13/h1-7H,8H2,(H,24,25,26)/b13-4-. The second-order valence-electron chi connectivity index (χ2n) is 5.90. The molecule has 1 fully saturated rings. The van der Waals surface area contributed by atoms with E-state index in [4.69, 9.17) is 4.42 Å². The first-order chi connectivity index (χ1) is 13.8. The van der Waals surface area contributed by atoms with E-state index in [2.05, 4.69) is 20.0 Å². The summed E-state index contributed by atoms with van der Waals surface area (Å²) < 4.78 is 47.1. The molecule has 0 bridgehead atoms. The van der Waals surface area contributed by atoms with Gasteiger partial charge in [0.25, 0.3) is 11.1 Å². The van der Waals surface area contributed by atoms with Gasteiger partial charge in [0.2, 0.25) is 5.88 Å². The highest BCUT2D eigenvalue weighted by molar-refractivity contribution is 8.18. The summed E-state index contributed by atoms with van der Waals surface area (Å²) in [6.07, 6.45) is 1.43. The van der Waals surface area contributed by atoms with Gasteiger partial charge in [-0.25, -0.2) is 4.98 Å². The number of hydrogen-bond donors (Lipinski definition) is 1. The number of nitrogens with one attached hydrogen (secondary N) is 1. The lowest BCUT2D eigenvalue weighted by molar-refractivity contribution is -0.154. The molecule has 11 heteroatoms. The van der Waals surface area contributed by atoms with Crippen molar-refractivity contribution in [3.63, 3.8) is 0 Å². The van der Waals surface area contributed by atoms with Crippen LogP contribution in [0.25, 0.3) is 28.2 Å². The Morgan fingerprint density at radius 1 is 1.21 bits per heavy atom. The van der Waals surface area contributed by atoms with Gasteiger partial charge in [0, 0.05) is 47.2 Å². The van der Waals surface area contributed by atoms with Crippen molar-refractivity contribution in [2.24, 2.45) is 0 Å². The maximum absolute atomic E-state index is 12.2. The number of aromatic nitrogens is 2. The van der Waals surface area contributed by atoms with Crippen LogP contribution in [-0.2, 0) is 4.79 Å². The molecule has 4 heterocycles. The van der Waals surface area contributed by atoms with Gasteiger partial charge in [-0.05, 0) is 23.9 Å². The summed E-state index contributed by atoms with van der Waals surface area (Å²) in [6.45, 7) is -1.43. The monoisotopic (exact) mass is 421 g/mol. The summed E-state index contributed by atoms with van der Waals surface area (Å²) in [4.78, 5) is 31.1. The van der Waals surface area contributed by atoms with E-state index < -0.39 is 23.9 Å². The minimum Gasteiger partial charge on any atom is -0.468 e. The number of rotatable bonds is 4. The first kappa shape index (κ1) is 19.0. The van der Waals surface area contributed by atoms with Gasteiger partial charge < -0.3 is 9.15 Å².